The summed E-state index contributed by atoms with van der Waals surface area (Å²) in [4.78, 5) is 92.5. The predicted octanol–water partition coefficient (Wildman–Crippen LogP) is 4.49. The largest absolute Gasteiger partial charge is 0.481 e. The first-order valence-electron chi connectivity index (χ1n) is 26.7. The Labute approximate surface area is 463 Å². The molecule has 0 heterocycles. The number of hydrogen-bond acceptors (Lipinski definition) is 16. The zero-order valence-electron chi connectivity index (χ0n) is 45.3. The molecule has 0 saturated heterocycles. The Bertz CT molecular complexity index is 1480. The lowest BCUT2D eigenvalue weighted by atomic mass is 9.86. The fourth-order valence-corrected chi connectivity index (χ4v) is 8.56. The third-order valence-corrected chi connectivity index (χ3v) is 12.7. The van der Waals surface area contributed by atoms with Crippen LogP contribution >= 0.6 is 43.2 Å². The van der Waals surface area contributed by atoms with Gasteiger partial charge >= 0.3 is 19.4 Å². The van der Waals surface area contributed by atoms with Crippen LogP contribution in [0.5, 0.6) is 0 Å². The van der Waals surface area contributed by atoms with E-state index in [4.69, 9.17) is 29.1 Å². The topological polar surface area (TPSA) is 306 Å². The van der Waals surface area contributed by atoms with Gasteiger partial charge in [-0.2, -0.15) is 11.8 Å². The molecule has 0 spiro atoms. The third-order valence-electron chi connectivity index (χ3n) is 10.9. The van der Waals surface area contributed by atoms with E-state index in [1.54, 1.807) is 11.8 Å². The van der Waals surface area contributed by atoms with Crippen LogP contribution in [-0.2, 0) is 57.3 Å². The molecule has 0 saturated carbocycles. The highest BCUT2D eigenvalue weighted by Gasteiger charge is 2.21. The smallest absolute Gasteiger partial charge is 0.375 e. The van der Waals surface area contributed by atoms with E-state index in [1.165, 1.54) is 57.8 Å². The van der Waals surface area contributed by atoms with E-state index >= 15 is 0 Å². The van der Waals surface area contributed by atoms with Crippen LogP contribution in [0.4, 0.5) is 0 Å². The lowest BCUT2D eigenvalue weighted by Crippen LogP contribution is -2.41. The maximum atomic E-state index is 12.3. The summed E-state index contributed by atoms with van der Waals surface area (Å²) in [6.07, 6.45) is 22.1. The molecule has 0 aromatic rings. The lowest BCUT2D eigenvalue weighted by Gasteiger charge is -2.14. The number of unbranched alkanes of at least 4 members (excludes halogenated alkanes) is 16. The van der Waals surface area contributed by atoms with Crippen LogP contribution in [0.2, 0.25) is 0 Å². The highest BCUT2D eigenvalue weighted by molar-refractivity contribution is 7.99. The number of carboxylic acid groups (broad SMARTS) is 2. The monoisotopic (exact) mass is 1150 g/mol. The number of aliphatic carboxylic acids is 2. The molecule has 0 rings (SSSR count). The molecule has 26 heteroatoms. The summed E-state index contributed by atoms with van der Waals surface area (Å²) in [5, 5.41) is 43.0. The Balaban J connectivity index is -0.00000422. The maximum absolute atomic E-state index is 12.3. The lowest BCUT2D eigenvalue weighted by molar-refractivity contribution is -0.142. The van der Waals surface area contributed by atoms with Crippen molar-refractivity contribution in [3.63, 3.8) is 0 Å². The second-order valence-corrected chi connectivity index (χ2v) is 19.2. The van der Waals surface area contributed by atoms with Crippen LogP contribution in [0.3, 0.4) is 0 Å². The van der Waals surface area contributed by atoms with E-state index in [-0.39, 0.29) is 126 Å². The summed E-state index contributed by atoms with van der Waals surface area (Å²) in [6, 6.07) is -1.75. The van der Waals surface area contributed by atoms with Gasteiger partial charge in [0.2, 0.25) is 28.7 Å². The molecule has 0 aliphatic heterocycles. The number of thioether (sulfide) groups is 1. The summed E-state index contributed by atoms with van der Waals surface area (Å²) < 4.78 is 21.3. The molecule has 0 aliphatic carbocycles. The van der Waals surface area contributed by atoms with Crippen molar-refractivity contribution in [2.45, 2.75) is 180 Å². The van der Waals surface area contributed by atoms with Crippen LogP contribution in [-0.4, -0.2) is 172 Å². The quantitative estimate of drug-likeness (QED) is 0.0174. The van der Waals surface area contributed by atoms with Crippen LogP contribution < -0.4 is 31.4 Å². The number of amides is 4. The Morgan fingerprint density at radius 1 is 0.507 bits per heavy atom. The van der Waals surface area contributed by atoms with Gasteiger partial charge in [0.1, 0.15) is 24.9 Å². The normalized spacial score (nSPS) is 11.9. The molecule has 75 heavy (non-hydrogen) atoms. The molecule has 0 bridgehead atoms. The predicted molar refractivity (Wildman–Crippen MR) is 306 cm³/mol. The van der Waals surface area contributed by atoms with E-state index in [9.17, 15) is 43.5 Å². The van der Waals surface area contributed by atoms with Gasteiger partial charge in [0, 0.05) is 44.6 Å². The second-order valence-electron chi connectivity index (χ2n) is 17.2. The highest BCUT2D eigenvalue weighted by Crippen LogP contribution is 2.15. The number of hydrogen-bond donors (Lipinski definition) is 10. The second kappa shape index (κ2) is 59.2. The molecule has 9 N–H and O–H groups in total. The van der Waals surface area contributed by atoms with Gasteiger partial charge < -0.3 is 60.2 Å². The van der Waals surface area contributed by atoms with E-state index < -0.39 is 29.7 Å². The van der Waals surface area contributed by atoms with Crippen LogP contribution in [0.1, 0.15) is 162 Å². The maximum Gasteiger partial charge on any atom is 0.375 e. The Hall–Kier alpha value is -2.50. The molecule has 4 amide bonds. The average molecular weight is 1150 g/mol. The van der Waals surface area contributed by atoms with Crippen LogP contribution in [0, 0.1) is 0 Å². The SMILES string of the molecule is CC.CSCC(NP)C(=O)S.O=C(O)CCCCCCCCCCCCCCCCCCC(=O)NC(CCC(=O)NCCOCCOCC(=O)NCCOCCOCC(=O)NCCCCC(NP)C(=O)[B]O)C(=O)O. The van der Waals surface area contributed by atoms with Crippen LogP contribution in [0.15, 0.2) is 0 Å². The minimum atomic E-state index is -1.18. The fraction of sp³-hybridized carbons (Fsp3) is 0.837. The van der Waals surface area contributed by atoms with Gasteiger partial charge in [-0.1, -0.05) is 123 Å². The Morgan fingerprint density at radius 2 is 0.933 bits per heavy atom. The van der Waals surface area contributed by atoms with Crippen molar-refractivity contribution in [2.24, 2.45) is 0 Å². The summed E-state index contributed by atoms with van der Waals surface area (Å²) in [7, 11) is 5.10. The number of nitrogens with one attached hydrogen (secondary N) is 6. The summed E-state index contributed by atoms with van der Waals surface area (Å²) in [5.41, 5.74) is -0.400. The first kappa shape index (κ1) is 76.7. The minimum Gasteiger partial charge on any atom is -0.481 e. The highest BCUT2D eigenvalue weighted by atomic mass is 32.2. The first-order chi connectivity index (χ1) is 36.2. The van der Waals surface area contributed by atoms with E-state index in [1.807, 2.05) is 20.1 Å². The number of thiol groups is 1. The minimum absolute atomic E-state index is 0.0278. The van der Waals surface area contributed by atoms with Crippen molar-refractivity contribution in [2.75, 3.05) is 84.5 Å². The molecule has 0 fully saturated rings. The summed E-state index contributed by atoms with van der Waals surface area (Å²) >= 11 is 5.30. The molecular formula is C49H96BN6O15P2S2. The van der Waals surface area contributed by atoms with Crippen molar-refractivity contribution in [1.29, 1.82) is 0 Å². The molecule has 437 valence electrons. The molecule has 5 unspecified atom stereocenters. The van der Waals surface area contributed by atoms with Gasteiger partial charge in [-0.05, 0) is 44.8 Å². The van der Waals surface area contributed by atoms with Crippen molar-refractivity contribution in [3.05, 3.63) is 0 Å². The number of carboxylic acids is 2. The van der Waals surface area contributed by atoms with Crippen molar-refractivity contribution >= 4 is 97.0 Å². The van der Waals surface area contributed by atoms with E-state index in [0.717, 1.165) is 44.3 Å². The van der Waals surface area contributed by atoms with Gasteiger partial charge in [0.25, 0.3) is 0 Å². The summed E-state index contributed by atoms with van der Waals surface area (Å²) in [6.45, 7) is 5.87. The van der Waals surface area contributed by atoms with Gasteiger partial charge in [0.15, 0.2) is 0 Å². The number of carbonyl (C=O) groups excluding carboxylic acids is 6. The molecule has 0 aromatic heterocycles. The van der Waals surface area contributed by atoms with Crippen molar-refractivity contribution < 1.29 is 72.5 Å². The number of carbonyl (C=O) groups is 8. The Kier molecular flexibility index (Phi) is 60.5. The molecule has 5 atom stereocenters. The average Bonchev–Trinajstić information content (AvgIpc) is 3.39. The molecular weight excluding hydrogens is 1050 g/mol. The third kappa shape index (κ3) is 56.0. The van der Waals surface area contributed by atoms with E-state index in [0.29, 0.717) is 39.7 Å². The van der Waals surface area contributed by atoms with Gasteiger partial charge in [-0.25, -0.2) is 4.79 Å². The zero-order chi connectivity index (χ0) is 56.6. The Morgan fingerprint density at radius 3 is 1.33 bits per heavy atom. The molecule has 0 aromatic carbocycles. The van der Waals surface area contributed by atoms with Crippen molar-refractivity contribution in [3.8, 4) is 0 Å². The summed E-state index contributed by atoms with van der Waals surface area (Å²) in [5.74, 6) is -2.40. The van der Waals surface area contributed by atoms with Crippen LogP contribution in [0.25, 0.3) is 0 Å². The van der Waals surface area contributed by atoms with Gasteiger partial charge in [0.05, 0.1) is 51.7 Å². The first-order valence-corrected chi connectivity index (χ1v) is 29.7. The molecule has 21 nitrogen and oxygen atoms in total. The van der Waals surface area contributed by atoms with E-state index in [2.05, 4.69) is 62.9 Å². The molecule has 0 aliphatic rings. The molecule has 1 radical (unpaired) electrons. The number of ether oxygens (including phenoxy) is 4. The standard InChI is InChI=1S/C43H80BN5O14P.C4H10NOPS2.C2H6/c50-37(23-22-36(43(57)58)48-38(51)20-15-13-11-9-7-5-3-1-2-4-6-8-10-12-14-16-21-41(54)55)46-25-27-60-29-32-63-34-40(53)47-26-28-61-30-31-62-33-39(52)45-24-18-17-19-35(49-64)42(56)44-59;1-9-2-3(5-7)4(6)8;1-2/h35-36,49,59H,1-34,64H2,(H,45,52)(H,46,50)(H,47,53)(H,48,51)(H,54,55)(H,57,58);3,5H,2,7H2,1H3,(H,6,8);1-2H3. The van der Waals surface area contributed by atoms with Crippen molar-refractivity contribution in [1.82, 2.24) is 31.4 Å². The zero-order valence-corrected chi connectivity index (χ0v) is 49.3. The number of rotatable bonds is 52. The van der Waals surface area contributed by atoms with Gasteiger partial charge in [-0.15, -0.1) is 12.6 Å². The van der Waals surface area contributed by atoms with Gasteiger partial charge in [-0.3, -0.25) is 38.9 Å². The fourth-order valence-electron chi connectivity index (χ4n) is 6.78.